The maximum absolute atomic E-state index is 13.2. The molecule has 40 heavy (non-hydrogen) atoms. The lowest BCUT2D eigenvalue weighted by Crippen LogP contribution is -2.56. The van der Waals surface area contributed by atoms with Gasteiger partial charge in [0.25, 0.3) is 0 Å². The molecule has 0 bridgehead atoms. The van der Waals surface area contributed by atoms with Crippen LogP contribution in [0.5, 0.6) is 5.75 Å². The first-order valence-corrected chi connectivity index (χ1v) is 13.9. The first kappa shape index (κ1) is 27.8. The average Bonchev–Trinajstić information content (AvgIpc) is 3.32. The predicted octanol–water partition coefficient (Wildman–Crippen LogP) is 7.00. The first-order valence-electron chi connectivity index (χ1n) is 13.2. The lowest BCUT2D eigenvalue weighted by molar-refractivity contribution is -0.153. The van der Waals surface area contributed by atoms with Crippen molar-refractivity contribution in [1.29, 1.82) is 0 Å². The van der Waals surface area contributed by atoms with E-state index >= 15 is 0 Å². The zero-order valence-electron chi connectivity index (χ0n) is 22.1. The fourth-order valence-corrected chi connectivity index (χ4v) is 5.25. The molecule has 0 aliphatic heterocycles. The molecule has 1 unspecified atom stereocenters. The molecule has 1 N–H and O–H groups in total. The van der Waals surface area contributed by atoms with Crippen LogP contribution >= 0.6 is 23.2 Å². The Morgan fingerprint density at radius 2 is 1.38 bits per heavy atom. The van der Waals surface area contributed by atoms with Crippen molar-refractivity contribution < 1.29 is 19.1 Å². The van der Waals surface area contributed by atoms with E-state index in [-0.39, 0.29) is 18.9 Å². The van der Waals surface area contributed by atoms with Crippen molar-refractivity contribution in [2.24, 2.45) is 0 Å². The summed E-state index contributed by atoms with van der Waals surface area (Å²) in [6.07, 6.45) is 0.877. The minimum atomic E-state index is -1.14. The Hall–Kier alpha value is -3.80. The molecule has 0 heterocycles. The van der Waals surface area contributed by atoms with E-state index in [1.807, 2.05) is 84.9 Å². The minimum Gasteiger partial charge on any atom is -0.489 e. The van der Waals surface area contributed by atoms with Gasteiger partial charge in [-0.15, -0.1) is 0 Å². The van der Waals surface area contributed by atoms with Crippen molar-refractivity contribution in [3.63, 3.8) is 0 Å². The Morgan fingerprint density at radius 3 is 2.05 bits per heavy atom. The lowest BCUT2D eigenvalue weighted by atomic mass is 9.95. The van der Waals surface area contributed by atoms with Gasteiger partial charge in [-0.05, 0) is 76.7 Å². The highest BCUT2D eigenvalue weighted by molar-refractivity contribution is 6.30. The van der Waals surface area contributed by atoms with Gasteiger partial charge in [0.2, 0.25) is 5.91 Å². The van der Waals surface area contributed by atoms with Crippen LogP contribution in [-0.4, -0.2) is 24.0 Å². The molecular weight excluding hydrogens is 545 g/mol. The maximum Gasteiger partial charge on any atom is 0.332 e. The Labute approximate surface area is 244 Å². The molecule has 204 valence electrons. The Kier molecular flexibility index (Phi) is 8.43. The number of rotatable bonds is 9. The maximum atomic E-state index is 13.2. The summed E-state index contributed by atoms with van der Waals surface area (Å²) in [5, 5.41) is 4.39. The van der Waals surface area contributed by atoms with Crippen LogP contribution in [0.1, 0.15) is 29.2 Å². The number of hydrogen-bond donors (Lipinski definition) is 1. The Morgan fingerprint density at radius 1 is 0.775 bits per heavy atom. The van der Waals surface area contributed by atoms with Gasteiger partial charge >= 0.3 is 5.97 Å². The minimum absolute atomic E-state index is 0.130. The van der Waals surface area contributed by atoms with E-state index in [0.29, 0.717) is 35.2 Å². The largest absolute Gasteiger partial charge is 0.489 e. The number of hydrogen-bond acceptors (Lipinski definition) is 4. The monoisotopic (exact) mass is 573 g/mol. The lowest BCUT2D eigenvalue weighted by Gasteiger charge is -2.28. The second kappa shape index (κ2) is 12.2. The third-order valence-electron chi connectivity index (χ3n) is 7.02. The SMILES string of the molecule is CCOC(=O)C1(NC(=O)Cc2ccc(OCc3ccc(Cl)cc3)cc2)Cc2ccc(-c3ccc(Cl)cc3)cc2C1. The molecule has 7 heteroatoms. The highest BCUT2D eigenvalue weighted by atomic mass is 35.5. The van der Waals surface area contributed by atoms with Gasteiger partial charge in [0.15, 0.2) is 0 Å². The summed E-state index contributed by atoms with van der Waals surface area (Å²) in [4.78, 5) is 26.4. The molecule has 4 aromatic carbocycles. The van der Waals surface area contributed by atoms with Crippen LogP contribution in [-0.2, 0) is 40.2 Å². The van der Waals surface area contributed by atoms with Gasteiger partial charge in [0, 0.05) is 22.9 Å². The van der Waals surface area contributed by atoms with Crippen molar-refractivity contribution in [3.05, 3.63) is 123 Å². The van der Waals surface area contributed by atoms with Crippen molar-refractivity contribution >= 4 is 35.1 Å². The topological polar surface area (TPSA) is 64.6 Å². The summed E-state index contributed by atoms with van der Waals surface area (Å²) in [5.74, 6) is 0.0389. The van der Waals surface area contributed by atoms with E-state index in [0.717, 1.165) is 33.4 Å². The smallest absolute Gasteiger partial charge is 0.332 e. The van der Waals surface area contributed by atoms with Gasteiger partial charge < -0.3 is 14.8 Å². The van der Waals surface area contributed by atoms with Crippen LogP contribution in [0.3, 0.4) is 0 Å². The molecular formula is C33H29Cl2NO4. The van der Waals surface area contributed by atoms with Gasteiger partial charge in [-0.1, -0.05) is 77.8 Å². The molecule has 5 nitrogen and oxygen atoms in total. The summed E-state index contributed by atoms with van der Waals surface area (Å²) >= 11 is 12.0. The first-order chi connectivity index (χ1) is 19.3. The number of esters is 1. The number of fused-ring (bicyclic) bond motifs is 1. The molecule has 0 radical (unpaired) electrons. The van der Waals surface area contributed by atoms with Crippen LogP contribution in [0.25, 0.3) is 11.1 Å². The highest BCUT2D eigenvalue weighted by Crippen LogP contribution is 2.35. The van der Waals surface area contributed by atoms with Crippen LogP contribution in [0.2, 0.25) is 10.0 Å². The summed E-state index contributed by atoms with van der Waals surface area (Å²) in [6.45, 7) is 2.42. The van der Waals surface area contributed by atoms with Crippen LogP contribution in [0, 0.1) is 0 Å². The molecule has 1 aliphatic rings. The fraction of sp³-hybridized carbons (Fsp3) is 0.212. The third kappa shape index (κ3) is 6.49. The Balaban J connectivity index is 1.25. The molecule has 1 atom stereocenters. The van der Waals surface area contributed by atoms with Crippen molar-refractivity contribution in [3.8, 4) is 16.9 Å². The van der Waals surface area contributed by atoms with Crippen molar-refractivity contribution in [2.75, 3.05) is 6.61 Å². The number of nitrogens with one attached hydrogen (secondary N) is 1. The molecule has 1 amide bonds. The van der Waals surface area contributed by atoms with Crippen LogP contribution in [0.4, 0.5) is 0 Å². The van der Waals surface area contributed by atoms with E-state index in [9.17, 15) is 9.59 Å². The molecule has 0 spiro atoms. The zero-order valence-corrected chi connectivity index (χ0v) is 23.6. The number of amides is 1. The van der Waals surface area contributed by atoms with Crippen LogP contribution < -0.4 is 10.1 Å². The van der Waals surface area contributed by atoms with E-state index < -0.39 is 11.5 Å². The number of benzene rings is 4. The number of carbonyl (C=O) groups is 2. The summed E-state index contributed by atoms with van der Waals surface area (Å²) in [7, 11) is 0. The second-order valence-corrected chi connectivity index (χ2v) is 10.8. The van der Waals surface area contributed by atoms with Crippen LogP contribution in [0.15, 0.2) is 91.0 Å². The molecule has 0 fully saturated rings. The standard InChI is InChI=1S/C33H29Cl2NO4/c1-2-39-32(38)33(19-26-8-7-25(18-27(26)20-33)24-9-13-29(35)14-10-24)36-31(37)17-22-5-15-30(16-6-22)40-21-23-3-11-28(34)12-4-23/h3-16,18H,2,17,19-21H2,1H3,(H,36,37). The van der Waals surface area contributed by atoms with Gasteiger partial charge in [0.1, 0.15) is 17.9 Å². The Bertz CT molecular complexity index is 1500. The second-order valence-electron chi connectivity index (χ2n) is 9.93. The van der Waals surface area contributed by atoms with Crippen molar-refractivity contribution in [2.45, 2.75) is 38.3 Å². The summed E-state index contributed by atoms with van der Waals surface area (Å²) < 4.78 is 11.3. The van der Waals surface area contributed by atoms with E-state index in [1.54, 1.807) is 6.92 Å². The van der Waals surface area contributed by atoms with E-state index in [4.69, 9.17) is 32.7 Å². The molecule has 5 rings (SSSR count). The van der Waals surface area contributed by atoms with Gasteiger partial charge in [-0.25, -0.2) is 4.79 Å². The normalized spacial score (nSPS) is 15.8. The average molecular weight is 575 g/mol. The number of carbonyl (C=O) groups excluding carboxylic acids is 2. The zero-order chi connectivity index (χ0) is 28.1. The number of halogens is 2. The number of ether oxygens (including phenoxy) is 2. The molecule has 1 aliphatic carbocycles. The summed E-state index contributed by atoms with van der Waals surface area (Å²) in [6, 6.07) is 28.6. The molecule has 0 saturated heterocycles. The third-order valence-corrected chi connectivity index (χ3v) is 7.52. The molecule has 0 saturated carbocycles. The molecule has 0 aromatic heterocycles. The van der Waals surface area contributed by atoms with Gasteiger partial charge in [0.05, 0.1) is 13.0 Å². The van der Waals surface area contributed by atoms with E-state index in [1.165, 1.54) is 0 Å². The van der Waals surface area contributed by atoms with E-state index in [2.05, 4.69) is 11.4 Å². The quantitative estimate of drug-likeness (QED) is 0.219. The highest BCUT2D eigenvalue weighted by Gasteiger charge is 2.46. The predicted molar refractivity (Wildman–Crippen MR) is 158 cm³/mol. The van der Waals surface area contributed by atoms with Gasteiger partial charge in [-0.3, -0.25) is 4.79 Å². The molecule has 4 aromatic rings. The fourth-order valence-electron chi connectivity index (χ4n) is 5.00. The van der Waals surface area contributed by atoms with Gasteiger partial charge in [-0.2, -0.15) is 0 Å². The van der Waals surface area contributed by atoms with Crippen molar-refractivity contribution in [1.82, 2.24) is 5.32 Å². The summed E-state index contributed by atoms with van der Waals surface area (Å²) in [5.41, 5.74) is 4.78.